The Morgan fingerprint density at radius 2 is 2.05 bits per heavy atom. The summed E-state index contributed by atoms with van der Waals surface area (Å²) in [5.41, 5.74) is -0.0267. The zero-order chi connectivity index (χ0) is 16.2. The van der Waals surface area contributed by atoms with E-state index in [0.717, 1.165) is 12.3 Å². The maximum atomic E-state index is 13.8. The minimum Gasteiger partial charge on any atom is -0.461 e. The average Bonchev–Trinajstić information content (AvgIpc) is 2.50. The molecule has 0 aliphatic heterocycles. The zero-order valence-corrected chi connectivity index (χ0v) is 11.9. The Kier molecular flexibility index (Phi) is 4.59. The van der Waals surface area contributed by atoms with E-state index in [2.05, 4.69) is 19.7 Å². The van der Waals surface area contributed by atoms with Crippen molar-refractivity contribution in [1.29, 1.82) is 0 Å². The van der Waals surface area contributed by atoms with Crippen molar-refractivity contribution in [3.8, 4) is 11.6 Å². The van der Waals surface area contributed by atoms with Gasteiger partial charge in [-0.15, -0.1) is 0 Å². The van der Waals surface area contributed by atoms with Crippen molar-refractivity contribution in [2.75, 3.05) is 6.61 Å². The highest BCUT2D eigenvalue weighted by molar-refractivity contribution is 5.78. The van der Waals surface area contributed by atoms with Gasteiger partial charge in [-0.1, -0.05) is 0 Å². The molecule has 0 aromatic carbocycles. The normalized spacial score (nSPS) is 11.1. The third-order valence-corrected chi connectivity index (χ3v) is 2.65. The van der Waals surface area contributed by atoms with E-state index in [9.17, 15) is 13.6 Å². The van der Waals surface area contributed by atoms with Gasteiger partial charge in [0.25, 0.3) is 0 Å². The van der Waals surface area contributed by atoms with Gasteiger partial charge in [0, 0.05) is 11.8 Å². The third-order valence-electron chi connectivity index (χ3n) is 2.65. The number of nitrogens with zero attached hydrogens (tertiary/aromatic N) is 3. The highest BCUT2D eigenvalue weighted by atomic mass is 19.3. The first-order valence-electron chi connectivity index (χ1n) is 6.41. The quantitative estimate of drug-likeness (QED) is 0.790. The largest absolute Gasteiger partial charge is 0.461 e. The number of alkyl halides is 2. The number of halogens is 2. The van der Waals surface area contributed by atoms with E-state index in [4.69, 9.17) is 4.74 Å². The van der Waals surface area contributed by atoms with Gasteiger partial charge in [-0.05, 0) is 26.0 Å². The molecule has 0 fully saturated rings. The Bertz CT molecular complexity index is 663. The second-order valence-electron chi connectivity index (χ2n) is 4.29. The highest BCUT2D eigenvalue weighted by Gasteiger charge is 2.44. The van der Waals surface area contributed by atoms with Crippen molar-refractivity contribution in [2.45, 2.75) is 19.8 Å². The molecule has 0 bridgehead atoms. The van der Waals surface area contributed by atoms with Crippen molar-refractivity contribution < 1.29 is 23.0 Å². The maximum Gasteiger partial charge on any atom is 0.384 e. The predicted molar refractivity (Wildman–Crippen MR) is 71.6 cm³/mol. The number of hydrogen-bond acceptors (Lipinski definition) is 6. The summed E-state index contributed by atoms with van der Waals surface area (Å²) in [5.74, 6) is -4.94. The molecule has 0 spiro atoms. The molecular formula is C14H13F2N3O3. The van der Waals surface area contributed by atoms with Gasteiger partial charge in [0.05, 0.1) is 12.8 Å². The van der Waals surface area contributed by atoms with Crippen LogP contribution in [0.3, 0.4) is 0 Å². The van der Waals surface area contributed by atoms with Crippen LogP contribution in [0, 0.1) is 6.92 Å². The van der Waals surface area contributed by atoms with Gasteiger partial charge < -0.3 is 9.47 Å². The van der Waals surface area contributed by atoms with E-state index in [0.29, 0.717) is 11.4 Å². The number of carbonyl (C=O) groups is 1. The van der Waals surface area contributed by atoms with Crippen molar-refractivity contribution in [3.05, 3.63) is 42.1 Å². The van der Waals surface area contributed by atoms with Crippen LogP contribution in [0.1, 0.15) is 18.2 Å². The summed E-state index contributed by atoms with van der Waals surface area (Å²) in [6, 6.07) is 2.28. The van der Waals surface area contributed by atoms with Gasteiger partial charge >= 0.3 is 11.9 Å². The minimum atomic E-state index is -3.81. The maximum absolute atomic E-state index is 13.8. The smallest absolute Gasteiger partial charge is 0.384 e. The Labute approximate surface area is 125 Å². The monoisotopic (exact) mass is 309 g/mol. The Morgan fingerprint density at radius 1 is 1.27 bits per heavy atom. The van der Waals surface area contributed by atoms with Gasteiger partial charge in [-0.3, -0.25) is 4.98 Å². The second-order valence-corrected chi connectivity index (χ2v) is 4.29. The molecule has 2 heterocycles. The van der Waals surface area contributed by atoms with Crippen LogP contribution < -0.4 is 4.74 Å². The van der Waals surface area contributed by atoms with E-state index in [1.54, 1.807) is 13.1 Å². The second kappa shape index (κ2) is 6.42. The summed E-state index contributed by atoms with van der Waals surface area (Å²) in [7, 11) is 0. The number of hydrogen-bond donors (Lipinski definition) is 0. The fraction of sp³-hybridized carbons (Fsp3) is 0.286. The van der Waals surface area contributed by atoms with Crippen LogP contribution in [-0.2, 0) is 15.5 Å². The van der Waals surface area contributed by atoms with Crippen molar-refractivity contribution in [2.24, 2.45) is 0 Å². The van der Waals surface area contributed by atoms with Crippen LogP contribution >= 0.6 is 0 Å². The van der Waals surface area contributed by atoms with E-state index >= 15 is 0 Å². The lowest BCUT2D eigenvalue weighted by Crippen LogP contribution is -2.29. The molecule has 2 rings (SSSR count). The summed E-state index contributed by atoms with van der Waals surface area (Å²) in [6.45, 7) is 3.05. The summed E-state index contributed by atoms with van der Waals surface area (Å²) in [5, 5.41) is 0. The van der Waals surface area contributed by atoms with E-state index in [-0.39, 0.29) is 12.4 Å². The summed E-state index contributed by atoms with van der Waals surface area (Å²) in [6.07, 6.45) is 3.95. The third kappa shape index (κ3) is 3.33. The van der Waals surface area contributed by atoms with Gasteiger partial charge in [0.2, 0.25) is 5.88 Å². The molecule has 0 saturated heterocycles. The summed E-state index contributed by atoms with van der Waals surface area (Å²) < 4.78 is 37.3. The molecule has 0 radical (unpaired) electrons. The Morgan fingerprint density at radius 3 is 2.64 bits per heavy atom. The van der Waals surface area contributed by atoms with Gasteiger partial charge in [0.15, 0.2) is 0 Å². The Hall–Kier alpha value is -2.64. The van der Waals surface area contributed by atoms with Crippen molar-refractivity contribution in [3.63, 3.8) is 0 Å². The molecule has 0 unspecified atom stereocenters. The number of carbonyl (C=O) groups excluding carboxylic acids is 1. The molecule has 0 atom stereocenters. The van der Waals surface area contributed by atoms with Crippen molar-refractivity contribution in [1.82, 2.24) is 15.0 Å². The highest BCUT2D eigenvalue weighted by Crippen LogP contribution is 2.29. The number of rotatable bonds is 5. The number of esters is 1. The van der Waals surface area contributed by atoms with Crippen LogP contribution in [-0.4, -0.2) is 27.5 Å². The summed E-state index contributed by atoms with van der Waals surface area (Å²) >= 11 is 0. The molecular weight excluding hydrogens is 296 g/mol. The number of ether oxygens (including phenoxy) is 2. The topological polar surface area (TPSA) is 74.2 Å². The van der Waals surface area contributed by atoms with Gasteiger partial charge in [-0.25, -0.2) is 14.8 Å². The first-order chi connectivity index (χ1) is 10.4. The molecule has 0 N–H and O–H groups in total. The fourth-order valence-corrected chi connectivity index (χ4v) is 1.56. The molecule has 0 saturated carbocycles. The molecule has 8 heteroatoms. The standard InChI is InChI=1S/C14H13F2N3O3/c1-3-21-13(20)14(15,16)11-5-4-10(7-18-11)22-12-9(2)6-17-8-19-12/h4-8H,3H2,1-2H3. The molecule has 22 heavy (non-hydrogen) atoms. The van der Waals surface area contributed by atoms with E-state index in [1.807, 2.05) is 0 Å². The average molecular weight is 309 g/mol. The van der Waals surface area contributed by atoms with Crippen LogP contribution in [0.15, 0.2) is 30.9 Å². The first kappa shape index (κ1) is 15.7. The molecule has 2 aromatic rings. The molecule has 116 valence electrons. The minimum absolute atomic E-state index is 0.136. The van der Waals surface area contributed by atoms with E-state index in [1.165, 1.54) is 19.3 Å². The van der Waals surface area contributed by atoms with E-state index < -0.39 is 17.6 Å². The first-order valence-corrected chi connectivity index (χ1v) is 6.41. The fourth-order valence-electron chi connectivity index (χ4n) is 1.56. The zero-order valence-electron chi connectivity index (χ0n) is 11.9. The molecule has 2 aromatic heterocycles. The van der Waals surface area contributed by atoms with Gasteiger partial charge in [0.1, 0.15) is 17.8 Å². The predicted octanol–water partition coefficient (Wildman–Crippen LogP) is 2.63. The van der Waals surface area contributed by atoms with Crippen LogP contribution in [0.25, 0.3) is 0 Å². The lowest BCUT2D eigenvalue weighted by molar-refractivity contribution is -0.173. The SMILES string of the molecule is CCOC(=O)C(F)(F)c1ccc(Oc2ncncc2C)cn1. The number of aryl methyl sites for hydroxylation is 1. The number of pyridine rings is 1. The lowest BCUT2D eigenvalue weighted by Gasteiger charge is -2.14. The van der Waals surface area contributed by atoms with Crippen LogP contribution in [0.4, 0.5) is 8.78 Å². The molecule has 0 aliphatic rings. The molecule has 0 amide bonds. The van der Waals surface area contributed by atoms with Gasteiger partial charge in [-0.2, -0.15) is 8.78 Å². The lowest BCUT2D eigenvalue weighted by atomic mass is 10.2. The number of aromatic nitrogens is 3. The van der Waals surface area contributed by atoms with Crippen LogP contribution in [0.5, 0.6) is 11.6 Å². The Balaban J connectivity index is 2.17. The molecule has 0 aliphatic carbocycles. The van der Waals surface area contributed by atoms with Crippen LogP contribution in [0.2, 0.25) is 0 Å². The van der Waals surface area contributed by atoms with Crippen molar-refractivity contribution >= 4 is 5.97 Å². The summed E-state index contributed by atoms with van der Waals surface area (Å²) in [4.78, 5) is 22.5. The molecule has 6 nitrogen and oxygen atoms in total.